The maximum Gasteiger partial charge on any atom is 0.245 e. The minimum absolute atomic E-state index is 0.120. The smallest absolute Gasteiger partial charge is 0.245 e. The molecule has 2 aromatic heterocycles. The van der Waals surface area contributed by atoms with Crippen molar-refractivity contribution in [2.45, 2.75) is 13.2 Å². The molecular weight excluding hydrogens is 336 g/mol. The second-order valence-corrected chi connectivity index (χ2v) is 5.17. The molecule has 0 aliphatic rings. The van der Waals surface area contributed by atoms with Gasteiger partial charge in [-0.3, -0.25) is 0 Å². The molecule has 0 bridgehead atoms. The number of nitrogens with one attached hydrogen (secondary N) is 1. The van der Waals surface area contributed by atoms with E-state index in [-0.39, 0.29) is 5.95 Å². The number of nitrogen functional groups attached to an aromatic ring is 1. The van der Waals surface area contributed by atoms with Gasteiger partial charge in [0.15, 0.2) is 10.4 Å². The topological polar surface area (TPSA) is 116 Å². The zero-order valence-electron chi connectivity index (χ0n) is 11.0. The second-order valence-electron chi connectivity index (χ2n) is 4.42. The molecule has 2 heterocycles. The predicted octanol–water partition coefficient (Wildman–Crippen LogP) is 1.74. The van der Waals surface area contributed by atoms with Crippen LogP contribution in [0, 0.1) is 0 Å². The number of nitrogens with zero attached hydrogens (tertiary/aromatic N) is 3. The van der Waals surface area contributed by atoms with E-state index in [0.29, 0.717) is 34.9 Å². The lowest BCUT2D eigenvalue weighted by Crippen LogP contribution is -2.03. The lowest BCUT2D eigenvalue weighted by molar-refractivity contribution is 0.297. The molecule has 7 nitrogen and oxygen atoms in total. The first-order valence-electron chi connectivity index (χ1n) is 6.25. The number of anilines is 1. The fourth-order valence-corrected chi connectivity index (χ4v) is 2.25. The highest BCUT2D eigenvalue weighted by molar-refractivity contribution is 9.10. The van der Waals surface area contributed by atoms with E-state index in [1.54, 1.807) is 0 Å². The normalized spacial score (nSPS) is 11.0. The maximum absolute atomic E-state index is 5.72. The Labute approximate surface area is 128 Å². The summed E-state index contributed by atoms with van der Waals surface area (Å²) in [4.78, 5) is 15.3. The first-order chi connectivity index (χ1) is 10.2. The summed E-state index contributed by atoms with van der Waals surface area (Å²) in [6.45, 7) is 0.888. The van der Waals surface area contributed by atoms with Crippen LogP contribution in [0.25, 0.3) is 11.2 Å². The Morgan fingerprint density at radius 2 is 1.81 bits per heavy atom. The highest BCUT2D eigenvalue weighted by atomic mass is 79.9. The fourth-order valence-electron chi connectivity index (χ4n) is 1.89. The summed E-state index contributed by atoms with van der Waals surface area (Å²) in [5, 5.41) is 0. The van der Waals surface area contributed by atoms with Gasteiger partial charge in [0.05, 0.1) is 0 Å². The van der Waals surface area contributed by atoms with E-state index < -0.39 is 0 Å². The van der Waals surface area contributed by atoms with Crippen LogP contribution in [-0.4, -0.2) is 19.9 Å². The van der Waals surface area contributed by atoms with Crippen molar-refractivity contribution in [3.8, 4) is 5.88 Å². The molecule has 3 rings (SSSR count). The number of hydrogen-bond donors (Lipinski definition) is 3. The van der Waals surface area contributed by atoms with Gasteiger partial charge in [-0.15, -0.1) is 0 Å². The average molecular weight is 349 g/mol. The summed E-state index contributed by atoms with van der Waals surface area (Å²) in [5.41, 5.74) is 14.4. The van der Waals surface area contributed by atoms with Gasteiger partial charge in [0.2, 0.25) is 11.8 Å². The van der Waals surface area contributed by atoms with E-state index in [0.717, 1.165) is 11.1 Å². The standard InChI is InChI=1S/C13H13BrN6O/c14-12-17-9-10(18-12)19-13(16)20-11(9)21-6-8-3-1-7(5-15)2-4-8/h1-4H,5-6,15H2,(H3,16,17,18,19,20). The third-order valence-corrected chi connectivity index (χ3v) is 3.32. The number of aromatic nitrogens is 4. The lowest BCUT2D eigenvalue weighted by Gasteiger charge is -2.07. The van der Waals surface area contributed by atoms with Gasteiger partial charge in [-0.1, -0.05) is 24.3 Å². The molecule has 8 heteroatoms. The molecule has 0 aliphatic heterocycles. The van der Waals surface area contributed by atoms with Gasteiger partial charge in [-0.2, -0.15) is 9.97 Å². The van der Waals surface area contributed by atoms with Crippen LogP contribution < -0.4 is 16.2 Å². The van der Waals surface area contributed by atoms with Crippen LogP contribution in [0.1, 0.15) is 11.1 Å². The SMILES string of the molecule is NCc1ccc(COc2nc(N)nc3nc(Br)[nH]c23)cc1. The number of benzene rings is 1. The summed E-state index contributed by atoms with van der Waals surface area (Å²) in [5.74, 6) is 0.494. The first kappa shape index (κ1) is 13.8. The van der Waals surface area contributed by atoms with Crippen molar-refractivity contribution in [3.05, 3.63) is 40.1 Å². The number of halogens is 1. The monoisotopic (exact) mass is 348 g/mol. The number of fused-ring (bicyclic) bond motifs is 1. The van der Waals surface area contributed by atoms with E-state index in [9.17, 15) is 0 Å². The van der Waals surface area contributed by atoms with E-state index in [2.05, 4.69) is 35.9 Å². The molecule has 0 saturated carbocycles. The predicted molar refractivity (Wildman–Crippen MR) is 82.5 cm³/mol. The van der Waals surface area contributed by atoms with Gasteiger partial charge in [-0.25, -0.2) is 4.98 Å². The lowest BCUT2D eigenvalue weighted by atomic mass is 10.1. The Hall–Kier alpha value is -2.19. The molecule has 0 fully saturated rings. The molecule has 1 aromatic carbocycles. The number of rotatable bonds is 4. The largest absolute Gasteiger partial charge is 0.471 e. The zero-order chi connectivity index (χ0) is 14.8. The summed E-state index contributed by atoms with van der Waals surface area (Å²) < 4.78 is 6.27. The van der Waals surface area contributed by atoms with Crippen molar-refractivity contribution >= 4 is 33.0 Å². The van der Waals surface area contributed by atoms with Crippen LogP contribution in [0.2, 0.25) is 0 Å². The van der Waals surface area contributed by atoms with Gasteiger partial charge in [0, 0.05) is 6.54 Å². The van der Waals surface area contributed by atoms with Crippen molar-refractivity contribution in [2.75, 3.05) is 5.73 Å². The van der Waals surface area contributed by atoms with Crippen molar-refractivity contribution in [1.82, 2.24) is 19.9 Å². The minimum Gasteiger partial charge on any atom is -0.471 e. The summed E-state index contributed by atoms with van der Waals surface area (Å²) in [6.07, 6.45) is 0. The highest BCUT2D eigenvalue weighted by Gasteiger charge is 2.12. The van der Waals surface area contributed by atoms with Crippen LogP contribution in [0.4, 0.5) is 5.95 Å². The second kappa shape index (κ2) is 5.66. The molecule has 3 aromatic rings. The molecule has 0 saturated heterocycles. The molecule has 0 atom stereocenters. The fraction of sp³-hybridized carbons (Fsp3) is 0.154. The highest BCUT2D eigenvalue weighted by Crippen LogP contribution is 2.23. The van der Waals surface area contributed by atoms with Crippen molar-refractivity contribution in [3.63, 3.8) is 0 Å². The third kappa shape index (κ3) is 2.96. The van der Waals surface area contributed by atoms with Crippen molar-refractivity contribution in [2.24, 2.45) is 5.73 Å². The average Bonchev–Trinajstić information content (AvgIpc) is 2.85. The molecule has 0 amide bonds. The zero-order valence-corrected chi connectivity index (χ0v) is 12.6. The Balaban J connectivity index is 1.83. The van der Waals surface area contributed by atoms with E-state index >= 15 is 0 Å². The molecule has 5 N–H and O–H groups in total. The molecular formula is C13H13BrN6O. The van der Waals surface area contributed by atoms with Gasteiger partial charge < -0.3 is 21.2 Å². The maximum atomic E-state index is 5.72. The van der Waals surface area contributed by atoms with E-state index in [4.69, 9.17) is 16.2 Å². The number of ether oxygens (including phenoxy) is 1. The first-order valence-corrected chi connectivity index (χ1v) is 7.04. The number of hydrogen-bond acceptors (Lipinski definition) is 6. The number of aromatic amines is 1. The quantitative estimate of drug-likeness (QED) is 0.618. The number of imidazole rings is 1. The van der Waals surface area contributed by atoms with Crippen LogP contribution in [0.3, 0.4) is 0 Å². The van der Waals surface area contributed by atoms with Gasteiger partial charge >= 0.3 is 0 Å². The van der Waals surface area contributed by atoms with Crippen LogP contribution in [0.5, 0.6) is 5.88 Å². The van der Waals surface area contributed by atoms with Gasteiger partial charge in [0.25, 0.3) is 0 Å². The van der Waals surface area contributed by atoms with E-state index in [1.165, 1.54) is 0 Å². The molecule has 0 spiro atoms. The Morgan fingerprint density at radius 1 is 1.10 bits per heavy atom. The summed E-state index contributed by atoms with van der Waals surface area (Å²) in [6, 6.07) is 7.87. The molecule has 108 valence electrons. The summed E-state index contributed by atoms with van der Waals surface area (Å²) in [7, 11) is 0. The summed E-state index contributed by atoms with van der Waals surface area (Å²) >= 11 is 3.25. The van der Waals surface area contributed by atoms with Crippen molar-refractivity contribution in [1.29, 1.82) is 0 Å². The number of H-pyrrole nitrogens is 1. The van der Waals surface area contributed by atoms with Gasteiger partial charge in [0.1, 0.15) is 12.1 Å². The third-order valence-electron chi connectivity index (χ3n) is 2.94. The van der Waals surface area contributed by atoms with E-state index in [1.807, 2.05) is 24.3 Å². The van der Waals surface area contributed by atoms with Crippen LogP contribution in [-0.2, 0) is 13.2 Å². The molecule has 0 radical (unpaired) electrons. The van der Waals surface area contributed by atoms with Crippen molar-refractivity contribution < 1.29 is 4.74 Å². The van der Waals surface area contributed by atoms with Crippen LogP contribution >= 0.6 is 15.9 Å². The van der Waals surface area contributed by atoms with Gasteiger partial charge in [-0.05, 0) is 27.1 Å². The minimum atomic E-state index is 0.120. The molecule has 0 aliphatic carbocycles. The number of nitrogens with two attached hydrogens (primary N) is 2. The molecule has 21 heavy (non-hydrogen) atoms. The molecule has 0 unspecified atom stereocenters. The Bertz CT molecular complexity index is 770. The van der Waals surface area contributed by atoms with Crippen LogP contribution in [0.15, 0.2) is 29.0 Å². The Kier molecular flexibility index (Phi) is 3.72. The Morgan fingerprint density at radius 3 is 2.52 bits per heavy atom.